The predicted molar refractivity (Wildman–Crippen MR) is 52.9 cm³/mol. The molecule has 0 saturated carbocycles. The van der Waals surface area contributed by atoms with E-state index >= 15 is 0 Å². The first-order chi connectivity index (χ1) is 6.42. The Morgan fingerprint density at radius 1 is 1.50 bits per heavy atom. The normalized spacial score (nSPS) is 25.4. The van der Waals surface area contributed by atoms with Crippen LogP contribution >= 0.6 is 0 Å². The molecule has 4 heteroatoms. The fourth-order valence-electron chi connectivity index (χ4n) is 1.15. The van der Waals surface area contributed by atoms with Crippen molar-refractivity contribution in [2.24, 2.45) is 5.92 Å². The molecule has 0 saturated heterocycles. The van der Waals surface area contributed by atoms with Crippen molar-refractivity contribution >= 4 is 6.09 Å². The minimum absolute atomic E-state index is 0.0301. The second-order valence-electron chi connectivity index (χ2n) is 4.40. The lowest BCUT2D eigenvalue weighted by molar-refractivity contribution is 0.0490. The number of hydrogen-bond acceptors (Lipinski definition) is 3. The summed E-state index contributed by atoms with van der Waals surface area (Å²) in [5.41, 5.74) is -0.480. The lowest BCUT2D eigenvalue weighted by Crippen LogP contribution is -2.45. The largest absolute Gasteiger partial charge is 0.444 e. The summed E-state index contributed by atoms with van der Waals surface area (Å²) >= 11 is 0. The molecule has 0 bridgehead atoms. The maximum Gasteiger partial charge on any atom is 0.408 e. The summed E-state index contributed by atoms with van der Waals surface area (Å²) in [6.07, 6.45) is 3.26. The highest BCUT2D eigenvalue weighted by Crippen LogP contribution is 2.17. The number of aliphatic hydroxyl groups is 1. The van der Waals surface area contributed by atoms with E-state index in [1.165, 1.54) is 0 Å². The molecule has 0 heterocycles. The molecule has 2 atom stereocenters. The zero-order valence-electron chi connectivity index (χ0n) is 8.78. The third-order valence-corrected chi connectivity index (χ3v) is 1.92. The van der Waals surface area contributed by atoms with Gasteiger partial charge in [0.1, 0.15) is 5.60 Å². The predicted octanol–water partition coefficient (Wildman–Crippen LogP) is 1.06. The van der Waals surface area contributed by atoms with Crippen LogP contribution in [0.15, 0.2) is 12.2 Å². The summed E-state index contributed by atoms with van der Waals surface area (Å²) in [4.78, 5) is 11.3. The molecule has 0 aromatic carbocycles. The van der Waals surface area contributed by atoms with E-state index in [2.05, 4.69) is 5.32 Å². The van der Waals surface area contributed by atoms with E-state index in [1.54, 1.807) is 0 Å². The van der Waals surface area contributed by atoms with Crippen molar-refractivity contribution in [3.63, 3.8) is 0 Å². The molecule has 1 rings (SSSR count). The first kappa shape index (κ1) is 11.0. The summed E-state index contributed by atoms with van der Waals surface area (Å²) in [6, 6.07) is -0.0881. The van der Waals surface area contributed by atoms with Crippen molar-refractivity contribution in [3.8, 4) is 0 Å². The Hall–Kier alpha value is -1.03. The monoisotopic (exact) mass is 199 g/mol. The number of ether oxygens (including phenoxy) is 1. The second-order valence-corrected chi connectivity index (χ2v) is 4.40. The third kappa shape index (κ3) is 3.03. The average Bonchev–Trinajstić information content (AvgIpc) is 1.96. The van der Waals surface area contributed by atoms with Crippen LogP contribution in [0.1, 0.15) is 20.8 Å². The van der Waals surface area contributed by atoms with E-state index < -0.39 is 11.7 Å². The Morgan fingerprint density at radius 3 is 2.50 bits per heavy atom. The van der Waals surface area contributed by atoms with Crippen molar-refractivity contribution in [2.45, 2.75) is 32.4 Å². The van der Waals surface area contributed by atoms with E-state index in [4.69, 9.17) is 9.84 Å². The van der Waals surface area contributed by atoms with Gasteiger partial charge in [-0.1, -0.05) is 12.2 Å². The Balaban J connectivity index is 2.32. The molecule has 0 aromatic rings. The number of rotatable bonds is 2. The van der Waals surface area contributed by atoms with Crippen molar-refractivity contribution in [1.29, 1.82) is 0 Å². The SMILES string of the molecule is CC(C)(C)OC(=O)N[C@H]1C=C[C@H]1CO. The lowest BCUT2D eigenvalue weighted by atomic mass is 9.90. The van der Waals surface area contributed by atoms with Crippen LogP contribution in [0.4, 0.5) is 4.79 Å². The molecule has 14 heavy (non-hydrogen) atoms. The zero-order valence-corrected chi connectivity index (χ0v) is 8.78. The Bertz CT molecular complexity index is 242. The van der Waals surface area contributed by atoms with Crippen LogP contribution in [0.25, 0.3) is 0 Å². The summed E-state index contributed by atoms with van der Waals surface area (Å²) in [5, 5.41) is 11.5. The fraction of sp³-hybridized carbons (Fsp3) is 0.700. The van der Waals surface area contributed by atoms with Crippen LogP contribution in [0.3, 0.4) is 0 Å². The van der Waals surface area contributed by atoms with Gasteiger partial charge in [0.15, 0.2) is 0 Å². The smallest absolute Gasteiger partial charge is 0.408 e. The molecule has 1 amide bonds. The maximum atomic E-state index is 11.3. The summed E-state index contributed by atoms with van der Waals surface area (Å²) in [6.45, 7) is 5.49. The van der Waals surface area contributed by atoms with Gasteiger partial charge in [0.25, 0.3) is 0 Å². The number of aliphatic hydroxyl groups excluding tert-OH is 1. The van der Waals surface area contributed by atoms with Crippen molar-refractivity contribution in [1.82, 2.24) is 5.32 Å². The topological polar surface area (TPSA) is 58.6 Å². The highest BCUT2D eigenvalue weighted by atomic mass is 16.6. The fourth-order valence-corrected chi connectivity index (χ4v) is 1.15. The quantitative estimate of drug-likeness (QED) is 0.654. The first-order valence-electron chi connectivity index (χ1n) is 4.71. The standard InChI is InChI=1S/C10H17NO3/c1-10(2,3)14-9(13)11-8-5-4-7(8)6-12/h4-5,7-8,12H,6H2,1-3H3,(H,11,13)/t7-,8-/m0/s1. The Morgan fingerprint density at radius 2 is 2.14 bits per heavy atom. The van der Waals surface area contributed by atoms with Gasteiger partial charge in [-0.05, 0) is 20.8 Å². The average molecular weight is 199 g/mol. The summed E-state index contributed by atoms with van der Waals surface area (Å²) in [5.74, 6) is 0.0301. The van der Waals surface area contributed by atoms with Gasteiger partial charge in [-0.25, -0.2) is 4.79 Å². The highest BCUT2D eigenvalue weighted by Gasteiger charge is 2.26. The first-order valence-corrected chi connectivity index (χ1v) is 4.71. The molecule has 0 unspecified atom stereocenters. The molecule has 80 valence electrons. The van der Waals surface area contributed by atoms with Crippen LogP contribution < -0.4 is 5.32 Å². The van der Waals surface area contributed by atoms with Crippen LogP contribution in [0.5, 0.6) is 0 Å². The van der Waals surface area contributed by atoms with E-state index in [9.17, 15) is 4.79 Å². The van der Waals surface area contributed by atoms with Gasteiger partial charge < -0.3 is 15.2 Å². The molecule has 1 aliphatic rings. The summed E-state index contributed by atoms with van der Waals surface area (Å²) in [7, 11) is 0. The van der Waals surface area contributed by atoms with Crippen molar-refractivity contribution in [3.05, 3.63) is 12.2 Å². The molecule has 2 N–H and O–H groups in total. The van der Waals surface area contributed by atoms with E-state index in [0.717, 1.165) is 0 Å². The molecule has 1 aliphatic carbocycles. The highest BCUT2D eigenvalue weighted by molar-refractivity contribution is 5.68. The van der Waals surface area contributed by atoms with E-state index in [0.29, 0.717) is 0 Å². The van der Waals surface area contributed by atoms with Gasteiger partial charge in [-0.3, -0.25) is 0 Å². The minimum Gasteiger partial charge on any atom is -0.444 e. The van der Waals surface area contributed by atoms with Crippen LogP contribution in [-0.2, 0) is 4.74 Å². The van der Waals surface area contributed by atoms with Gasteiger partial charge in [0.05, 0.1) is 12.6 Å². The van der Waals surface area contributed by atoms with E-state index in [-0.39, 0.29) is 18.6 Å². The van der Waals surface area contributed by atoms with Crippen LogP contribution in [-0.4, -0.2) is 29.4 Å². The molecule has 0 aliphatic heterocycles. The Labute approximate surface area is 83.9 Å². The molecular formula is C10H17NO3. The number of amides is 1. The van der Waals surface area contributed by atoms with Crippen molar-refractivity contribution < 1.29 is 14.6 Å². The van der Waals surface area contributed by atoms with Crippen LogP contribution in [0.2, 0.25) is 0 Å². The molecule has 0 radical (unpaired) electrons. The number of hydrogen-bond donors (Lipinski definition) is 2. The third-order valence-electron chi connectivity index (χ3n) is 1.92. The van der Waals surface area contributed by atoms with Gasteiger partial charge in [0.2, 0.25) is 0 Å². The van der Waals surface area contributed by atoms with Gasteiger partial charge in [-0.15, -0.1) is 0 Å². The summed E-state index contributed by atoms with van der Waals surface area (Å²) < 4.78 is 5.07. The zero-order chi connectivity index (χ0) is 10.8. The van der Waals surface area contributed by atoms with Gasteiger partial charge in [-0.2, -0.15) is 0 Å². The number of alkyl carbamates (subject to hydrolysis) is 1. The molecule has 4 nitrogen and oxygen atoms in total. The molecule has 0 aromatic heterocycles. The Kier molecular flexibility index (Phi) is 3.16. The van der Waals surface area contributed by atoms with E-state index in [1.807, 2.05) is 32.9 Å². The lowest BCUT2D eigenvalue weighted by Gasteiger charge is -2.29. The molecule has 0 spiro atoms. The molecule has 0 fully saturated rings. The van der Waals surface area contributed by atoms with Crippen molar-refractivity contribution in [2.75, 3.05) is 6.61 Å². The minimum atomic E-state index is -0.480. The molecular weight excluding hydrogens is 182 g/mol. The van der Waals surface area contributed by atoms with Gasteiger partial charge in [0, 0.05) is 5.92 Å². The van der Waals surface area contributed by atoms with Crippen LogP contribution in [0, 0.1) is 5.92 Å². The second kappa shape index (κ2) is 4.00. The maximum absolute atomic E-state index is 11.3. The number of carbonyl (C=O) groups excluding carboxylic acids is 1. The number of carbonyl (C=O) groups is 1. The van der Waals surface area contributed by atoms with Gasteiger partial charge >= 0.3 is 6.09 Å². The number of nitrogens with one attached hydrogen (secondary N) is 1.